The van der Waals surface area contributed by atoms with Crippen molar-refractivity contribution in [1.29, 1.82) is 0 Å². The van der Waals surface area contributed by atoms with Crippen molar-refractivity contribution in [2.75, 3.05) is 0 Å². The molecule has 2 aromatic rings. The van der Waals surface area contributed by atoms with Gasteiger partial charge in [0.2, 0.25) is 0 Å². The molecule has 0 amide bonds. The predicted octanol–water partition coefficient (Wildman–Crippen LogP) is 6.00. The standard InChI is InChI=1S/C13H6Br2ClF3/c14-9-3-6(16)1-2-8(9)13(15)12-10(18)4-7(17)5-11(12)19/h1-5,13H. The molecule has 0 nitrogen and oxygen atoms in total. The molecule has 1 unspecified atom stereocenters. The fourth-order valence-electron chi connectivity index (χ4n) is 1.66. The van der Waals surface area contributed by atoms with Crippen molar-refractivity contribution < 1.29 is 13.2 Å². The maximum atomic E-state index is 13.7. The number of alkyl halides is 1. The summed E-state index contributed by atoms with van der Waals surface area (Å²) in [5, 5.41) is 0.496. The molecule has 2 aromatic carbocycles. The summed E-state index contributed by atoms with van der Waals surface area (Å²) >= 11 is 12.3. The van der Waals surface area contributed by atoms with Gasteiger partial charge in [-0.25, -0.2) is 13.2 Å². The fraction of sp³-hybridized carbons (Fsp3) is 0.0769. The van der Waals surface area contributed by atoms with Crippen molar-refractivity contribution in [3.05, 3.63) is 68.4 Å². The first-order valence-electron chi connectivity index (χ1n) is 5.13. The van der Waals surface area contributed by atoms with Crippen molar-refractivity contribution in [3.63, 3.8) is 0 Å². The van der Waals surface area contributed by atoms with E-state index in [2.05, 4.69) is 31.9 Å². The first-order valence-corrected chi connectivity index (χ1v) is 7.22. The van der Waals surface area contributed by atoms with E-state index in [9.17, 15) is 13.2 Å². The Bertz CT molecular complexity index is 608. The minimum Gasteiger partial charge on any atom is -0.207 e. The molecule has 0 heterocycles. The third-order valence-electron chi connectivity index (χ3n) is 2.53. The average molecular weight is 414 g/mol. The first kappa shape index (κ1) is 14.9. The van der Waals surface area contributed by atoms with Crippen LogP contribution in [0, 0.1) is 17.5 Å². The van der Waals surface area contributed by atoms with E-state index >= 15 is 0 Å². The second kappa shape index (κ2) is 5.85. The molecule has 0 N–H and O–H groups in total. The molecule has 0 saturated carbocycles. The molecule has 0 aliphatic rings. The van der Waals surface area contributed by atoms with Crippen LogP contribution in [0.4, 0.5) is 13.2 Å². The molecule has 1 atom stereocenters. The molecule has 0 saturated heterocycles. The maximum absolute atomic E-state index is 13.7. The number of benzene rings is 2. The normalized spacial score (nSPS) is 12.5. The Hall–Kier alpha value is -0.520. The van der Waals surface area contributed by atoms with Gasteiger partial charge in [-0.3, -0.25) is 0 Å². The third kappa shape index (κ3) is 3.15. The van der Waals surface area contributed by atoms with Crippen LogP contribution >= 0.6 is 43.5 Å². The van der Waals surface area contributed by atoms with Gasteiger partial charge in [-0.2, -0.15) is 0 Å². The van der Waals surface area contributed by atoms with E-state index in [0.717, 1.165) is 0 Å². The summed E-state index contributed by atoms with van der Waals surface area (Å²) in [7, 11) is 0. The van der Waals surface area contributed by atoms with Gasteiger partial charge in [0.1, 0.15) is 17.5 Å². The zero-order valence-electron chi connectivity index (χ0n) is 9.23. The lowest BCUT2D eigenvalue weighted by atomic mass is 10.0. The van der Waals surface area contributed by atoms with Gasteiger partial charge in [0, 0.05) is 27.2 Å². The summed E-state index contributed by atoms with van der Waals surface area (Å²) in [6, 6.07) is 6.15. The summed E-state index contributed by atoms with van der Waals surface area (Å²) in [5.74, 6) is -2.84. The largest absolute Gasteiger partial charge is 0.207 e. The SMILES string of the molecule is Fc1cc(F)c(C(Br)c2ccc(Cl)cc2Br)c(F)c1. The topological polar surface area (TPSA) is 0 Å². The average Bonchev–Trinajstić information content (AvgIpc) is 2.26. The Balaban J connectivity index is 2.53. The predicted molar refractivity (Wildman–Crippen MR) is 76.2 cm³/mol. The molecule has 0 fully saturated rings. The molecule has 6 heteroatoms. The highest BCUT2D eigenvalue weighted by molar-refractivity contribution is 9.11. The lowest BCUT2D eigenvalue weighted by Gasteiger charge is -2.14. The summed E-state index contributed by atoms with van der Waals surface area (Å²) in [6.07, 6.45) is 0. The Morgan fingerprint density at radius 2 is 1.58 bits per heavy atom. The van der Waals surface area contributed by atoms with Crippen LogP contribution in [-0.2, 0) is 0 Å². The van der Waals surface area contributed by atoms with Gasteiger partial charge >= 0.3 is 0 Å². The highest BCUT2D eigenvalue weighted by Crippen LogP contribution is 2.38. The summed E-state index contributed by atoms with van der Waals surface area (Å²) in [4.78, 5) is -0.750. The Morgan fingerprint density at radius 1 is 1.00 bits per heavy atom. The molecule has 100 valence electrons. The molecule has 0 aliphatic carbocycles. The maximum Gasteiger partial charge on any atom is 0.133 e. The van der Waals surface area contributed by atoms with Gasteiger partial charge in [0.05, 0.1) is 4.83 Å². The monoisotopic (exact) mass is 412 g/mol. The van der Waals surface area contributed by atoms with Gasteiger partial charge in [-0.15, -0.1) is 0 Å². The van der Waals surface area contributed by atoms with Crippen LogP contribution in [0.1, 0.15) is 16.0 Å². The molecule has 19 heavy (non-hydrogen) atoms. The quantitative estimate of drug-likeness (QED) is 0.529. The second-order valence-electron chi connectivity index (χ2n) is 3.81. The van der Waals surface area contributed by atoms with E-state index in [4.69, 9.17) is 11.6 Å². The van der Waals surface area contributed by atoms with E-state index in [-0.39, 0.29) is 5.56 Å². The van der Waals surface area contributed by atoms with Crippen LogP contribution in [-0.4, -0.2) is 0 Å². The summed E-state index contributed by atoms with van der Waals surface area (Å²) < 4.78 is 40.9. The van der Waals surface area contributed by atoms with E-state index in [1.807, 2.05) is 0 Å². The third-order valence-corrected chi connectivity index (χ3v) is 4.41. The smallest absolute Gasteiger partial charge is 0.133 e. The van der Waals surface area contributed by atoms with Crippen molar-refractivity contribution in [3.8, 4) is 0 Å². The van der Waals surface area contributed by atoms with Crippen molar-refractivity contribution in [2.45, 2.75) is 4.83 Å². The van der Waals surface area contributed by atoms with Crippen LogP contribution in [0.25, 0.3) is 0 Å². The van der Waals surface area contributed by atoms with Gasteiger partial charge in [-0.1, -0.05) is 49.5 Å². The minimum absolute atomic E-state index is 0.246. The Kier molecular flexibility index (Phi) is 4.58. The molecule has 0 aliphatic heterocycles. The molecule has 2 rings (SSSR count). The van der Waals surface area contributed by atoms with Crippen LogP contribution in [0.5, 0.6) is 0 Å². The zero-order valence-corrected chi connectivity index (χ0v) is 13.2. The lowest BCUT2D eigenvalue weighted by Crippen LogP contribution is -2.02. The molecular weight excluding hydrogens is 408 g/mol. The second-order valence-corrected chi connectivity index (χ2v) is 6.02. The van der Waals surface area contributed by atoms with Crippen molar-refractivity contribution >= 4 is 43.5 Å². The van der Waals surface area contributed by atoms with Crippen LogP contribution in [0.3, 0.4) is 0 Å². The van der Waals surface area contributed by atoms with Crippen molar-refractivity contribution in [1.82, 2.24) is 0 Å². The Morgan fingerprint density at radius 3 is 2.11 bits per heavy atom. The number of hydrogen-bond donors (Lipinski definition) is 0. The zero-order chi connectivity index (χ0) is 14.2. The van der Waals surface area contributed by atoms with Gasteiger partial charge in [-0.05, 0) is 17.7 Å². The number of rotatable bonds is 2. The van der Waals surface area contributed by atoms with Crippen LogP contribution in [0.15, 0.2) is 34.8 Å². The van der Waals surface area contributed by atoms with E-state index in [1.54, 1.807) is 18.2 Å². The van der Waals surface area contributed by atoms with E-state index < -0.39 is 22.3 Å². The van der Waals surface area contributed by atoms with E-state index in [0.29, 0.717) is 27.2 Å². The van der Waals surface area contributed by atoms with E-state index in [1.165, 1.54) is 0 Å². The molecule has 0 bridgehead atoms. The number of hydrogen-bond acceptors (Lipinski definition) is 0. The molecular formula is C13H6Br2ClF3. The van der Waals surface area contributed by atoms with Gasteiger partial charge < -0.3 is 0 Å². The first-order chi connectivity index (χ1) is 8.90. The van der Waals surface area contributed by atoms with Crippen LogP contribution < -0.4 is 0 Å². The van der Waals surface area contributed by atoms with Crippen molar-refractivity contribution in [2.24, 2.45) is 0 Å². The highest BCUT2D eigenvalue weighted by atomic mass is 79.9. The summed E-state index contributed by atoms with van der Waals surface area (Å²) in [5.41, 5.74) is 0.346. The molecule has 0 radical (unpaired) electrons. The van der Waals surface area contributed by atoms with Gasteiger partial charge in [0.15, 0.2) is 0 Å². The van der Waals surface area contributed by atoms with Gasteiger partial charge in [0.25, 0.3) is 0 Å². The highest BCUT2D eigenvalue weighted by Gasteiger charge is 2.22. The summed E-state index contributed by atoms with van der Waals surface area (Å²) in [6.45, 7) is 0. The van der Waals surface area contributed by atoms with Crippen LogP contribution in [0.2, 0.25) is 5.02 Å². The minimum atomic E-state index is -0.950. The Labute approximate surface area is 129 Å². The fourth-order valence-corrected chi connectivity index (χ4v) is 3.71. The molecule has 0 aromatic heterocycles. The lowest BCUT2D eigenvalue weighted by molar-refractivity contribution is 0.527. The number of halogens is 6. The molecule has 0 spiro atoms.